The number of carbonyl (C=O) groups excluding carboxylic acids is 2. The van der Waals surface area contributed by atoms with E-state index in [1.54, 1.807) is 12.1 Å². The van der Waals surface area contributed by atoms with Gasteiger partial charge in [0, 0.05) is 0 Å². The number of ether oxygens (including phenoxy) is 3. The van der Waals surface area contributed by atoms with Gasteiger partial charge in [-0.3, -0.25) is 0 Å². The van der Waals surface area contributed by atoms with Gasteiger partial charge in [0.25, 0.3) is 0 Å². The zero-order valence-electron chi connectivity index (χ0n) is 26.4. The normalized spacial score (nSPS) is 12.0. The first-order valence-electron chi connectivity index (χ1n) is 16.1. The largest absolute Gasteiger partial charge is 0.494 e. The summed E-state index contributed by atoms with van der Waals surface area (Å²) in [5.41, 5.74) is 2.18. The SMILES string of the molecule is CCCCCCCCCOc1ccc(-c2ccc(C(=O)Oc3ccc(C(=O)O[C@H](CCCCCC)C(F)(F)F)cc3)cc2)cc1. The molecule has 1 atom stereocenters. The third-order valence-electron chi connectivity index (χ3n) is 7.56. The van der Waals surface area contributed by atoms with E-state index in [2.05, 4.69) is 6.92 Å². The Hall–Kier alpha value is -3.81. The summed E-state index contributed by atoms with van der Waals surface area (Å²) in [7, 11) is 0. The molecule has 0 unspecified atom stereocenters. The number of esters is 2. The molecule has 5 nitrogen and oxygen atoms in total. The van der Waals surface area contributed by atoms with Gasteiger partial charge in [0.1, 0.15) is 11.5 Å². The third kappa shape index (κ3) is 12.6. The molecule has 0 saturated carbocycles. The minimum Gasteiger partial charge on any atom is -0.494 e. The second-order valence-corrected chi connectivity index (χ2v) is 11.3. The fraction of sp³-hybridized carbons (Fsp3) is 0.459. The summed E-state index contributed by atoms with van der Waals surface area (Å²) in [6.07, 6.45) is 4.26. The molecule has 45 heavy (non-hydrogen) atoms. The van der Waals surface area contributed by atoms with E-state index in [-0.39, 0.29) is 17.7 Å². The van der Waals surface area contributed by atoms with Crippen LogP contribution in [0.15, 0.2) is 72.8 Å². The summed E-state index contributed by atoms with van der Waals surface area (Å²) in [6, 6.07) is 20.1. The van der Waals surface area contributed by atoms with Gasteiger partial charge in [-0.15, -0.1) is 0 Å². The van der Waals surface area contributed by atoms with E-state index in [0.29, 0.717) is 25.0 Å². The highest BCUT2D eigenvalue weighted by molar-refractivity contribution is 5.92. The molecule has 0 spiro atoms. The van der Waals surface area contributed by atoms with Crippen LogP contribution in [0.2, 0.25) is 0 Å². The minimum atomic E-state index is -4.64. The quantitative estimate of drug-likeness (QED) is 0.0753. The molecular formula is C37H45F3O5. The molecule has 0 N–H and O–H groups in total. The molecule has 0 fully saturated rings. The van der Waals surface area contributed by atoms with Crippen LogP contribution in [-0.2, 0) is 4.74 Å². The number of benzene rings is 3. The molecule has 0 heterocycles. The lowest BCUT2D eigenvalue weighted by Gasteiger charge is -2.20. The van der Waals surface area contributed by atoms with Gasteiger partial charge in [0.15, 0.2) is 6.10 Å². The maximum atomic E-state index is 13.4. The first kappa shape index (κ1) is 35.7. The Kier molecular flexibility index (Phi) is 15.0. The number of carbonyl (C=O) groups is 2. The van der Waals surface area contributed by atoms with Crippen molar-refractivity contribution in [2.75, 3.05) is 6.61 Å². The van der Waals surface area contributed by atoms with Crippen LogP contribution in [0.4, 0.5) is 13.2 Å². The Morgan fingerprint density at radius 1 is 0.600 bits per heavy atom. The topological polar surface area (TPSA) is 61.8 Å². The van der Waals surface area contributed by atoms with Crippen LogP contribution in [0.1, 0.15) is 112 Å². The standard InChI is InChI=1S/C37H45F3O5/c1-3-5-7-9-10-11-13-27-43-32-23-19-29(20-24-32)28-15-17-30(18-16-28)35(41)44-33-25-21-31(22-26-33)36(42)45-34(37(38,39)40)14-12-8-6-4-2/h15-26,34H,3-14,27H2,1-2H3/t34-/m1/s1. The molecule has 3 rings (SSSR count). The van der Waals surface area contributed by atoms with Crippen LogP contribution in [0.25, 0.3) is 11.1 Å². The van der Waals surface area contributed by atoms with Gasteiger partial charge in [0.2, 0.25) is 0 Å². The van der Waals surface area contributed by atoms with Crippen molar-refractivity contribution in [1.82, 2.24) is 0 Å². The third-order valence-corrected chi connectivity index (χ3v) is 7.56. The Labute approximate surface area is 265 Å². The van der Waals surface area contributed by atoms with Crippen molar-refractivity contribution in [2.45, 2.75) is 103 Å². The van der Waals surface area contributed by atoms with Gasteiger partial charge in [-0.05, 0) is 78.9 Å². The molecule has 0 aliphatic heterocycles. The van der Waals surface area contributed by atoms with E-state index in [4.69, 9.17) is 14.2 Å². The molecule has 0 aliphatic carbocycles. The van der Waals surface area contributed by atoms with Gasteiger partial charge in [-0.2, -0.15) is 13.2 Å². The van der Waals surface area contributed by atoms with Crippen LogP contribution in [-0.4, -0.2) is 30.8 Å². The molecule has 3 aromatic rings. The van der Waals surface area contributed by atoms with Crippen molar-refractivity contribution in [3.05, 3.63) is 83.9 Å². The summed E-state index contributed by atoms with van der Waals surface area (Å²) in [4.78, 5) is 25.1. The average Bonchev–Trinajstić information content (AvgIpc) is 3.04. The van der Waals surface area contributed by atoms with Gasteiger partial charge < -0.3 is 14.2 Å². The molecule has 3 aromatic carbocycles. The number of rotatable bonds is 19. The Balaban J connectivity index is 1.47. The molecule has 8 heteroatoms. The number of hydrogen-bond acceptors (Lipinski definition) is 5. The number of halogens is 3. The molecule has 0 aliphatic rings. The van der Waals surface area contributed by atoms with Crippen LogP contribution in [0.3, 0.4) is 0 Å². The molecule has 0 radical (unpaired) electrons. The molecule has 0 amide bonds. The highest BCUT2D eigenvalue weighted by atomic mass is 19.4. The second-order valence-electron chi connectivity index (χ2n) is 11.3. The zero-order valence-corrected chi connectivity index (χ0v) is 26.4. The van der Waals surface area contributed by atoms with Crippen LogP contribution in [0.5, 0.6) is 11.5 Å². The van der Waals surface area contributed by atoms with Crippen molar-refractivity contribution in [2.24, 2.45) is 0 Å². The van der Waals surface area contributed by atoms with E-state index >= 15 is 0 Å². The highest BCUT2D eigenvalue weighted by Gasteiger charge is 2.42. The Bertz CT molecular complexity index is 1290. The van der Waals surface area contributed by atoms with Crippen molar-refractivity contribution in [3.63, 3.8) is 0 Å². The number of hydrogen-bond donors (Lipinski definition) is 0. The highest BCUT2D eigenvalue weighted by Crippen LogP contribution is 2.29. The van der Waals surface area contributed by atoms with E-state index in [1.807, 2.05) is 43.3 Å². The monoisotopic (exact) mass is 626 g/mol. The summed E-state index contributed by atoms with van der Waals surface area (Å²) in [5.74, 6) is -0.698. The fourth-order valence-corrected chi connectivity index (χ4v) is 4.86. The van der Waals surface area contributed by atoms with Gasteiger partial charge in [-0.1, -0.05) is 95.9 Å². The Morgan fingerprint density at radius 3 is 1.64 bits per heavy atom. The second kappa shape index (κ2) is 18.9. The Morgan fingerprint density at radius 2 is 1.07 bits per heavy atom. The lowest BCUT2D eigenvalue weighted by molar-refractivity contribution is -0.206. The lowest BCUT2D eigenvalue weighted by atomic mass is 10.0. The minimum absolute atomic E-state index is 0.0591. The summed E-state index contributed by atoms with van der Waals surface area (Å²) in [5, 5.41) is 0. The van der Waals surface area contributed by atoms with Gasteiger partial charge >= 0.3 is 18.1 Å². The first-order chi connectivity index (χ1) is 21.7. The van der Waals surface area contributed by atoms with E-state index in [9.17, 15) is 22.8 Å². The maximum Gasteiger partial charge on any atom is 0.425 e. The predicted octanol–water partition coefficient (Wildman–Crippen LogP) is 10.8. The van der Waals surface area contributed by atoms with Crippen LogP contribution < -0.4 is 9.47 Å². The number of alkyl halides is 3. The molecular weight excluding hydrogens is 581 g/mol. The van der Waals surface area contributed by atoms with Gasteiger partial charge in [0.05, 0.1) is 17.7 Å². The summed E-state index contributed by atoms with van der Waals surface area (Å²) in [6.45, 7) is 4.89. The average molecular weight is 627 g/mol. The van der Waals surface area contributed by atoms with Crippen molar-refractivity contribution >= 4 is 11.9 Å². The zero-order chi connectivity index (χ0) is 32.5. The lowest BCUT2D eigenvalue weighted by Crippen LogP contribution is -2.33. The van der Waals surface area contributed by atoms with Crippen molar-refractivity contribution in [1.29, 1.82) is 0 Å². The maximum absolute atomic E-state index is 13.4. The van der Waals surface area contributed by atoms with Crippen molar-refractivity contribution in [3.8, 4) is 22.6 Å². The number of unbranched alkanes of at least 4 members (excludes halogenated alkanes) is 9. The molecule has 0 bridgehead atoms. The molecule has 0 saturated heterocycles. The van der Waals surface area contributed by atoms with Crippen LogP contribution >= 0.6 is 0 Å². The van der Waals surface area contributed by atoms with Gasteiger partial charge in [-0.25, -0.2) is 9.59 Å². The molecule has 244 valence electrons. The summed E-state index contributed by atoms with van der Waals surface area (Å²) >= 11 is 0. The predicted molar refractivity (Wildman–Crippen MR) is 171 cm³/mol. The first-order valence-corrected chi connectivity index (χ1v) is 16.1. The smallest absolute Gasteiger partial charge is 0.425 e. The van der Waals surface area contributed by atoms with E-state index in [0.717, 1.165) is 36.1 Å². The van der Waals surface area contributed by atoms with Crippen LogP contribution in [0, 0.1) is 0 Å². The van der Waals surface area contributed by atoms with E-state index < -0.39 is 24.2 Å². The van der Waals surface area contributed by atoms with E-state index in [1.165, 1.54) is 62.8 Å². The fourth-order valence-electron chi connectivity index (χ4n) is 4.86. The van der Waals surface area contributed by atoms with Crippen molar-refractivity contribution < 1.29 is 37.0 Å². The summed E-state index contributed by atoms with van der Waals surface area (Å²) < 4.78 is 56.2. The molecule has 0 aromatic heterocycles.